The first-order valence-electron chi connectivity index (χ1n) is 8.91. The van der Waals surface area contributed by atoms with E-state index in [2.05, 4.69) is 26.8 Å². The van der Waals surface area contributed by atoms with Crippen LogP contribution in [0.25, 0.3) is 5.65 Å². The van der Waals surface area contributed by atoms with Crippen LogP contribution in [-0.4, -0.2) is 26.4 Å². The maximum atomic E-state index is 12.4. The Kier molecular flexibility index (Phi) is 5.80. The van der Waals surface area contributed by atoms with Crippen LogP contribution in [0.5, 0.6) is 0 Å². The summed E-state index contributed by atoms with van der Waals surface area (Å²) in [5.74, 6) is -0.399. The van der Waals surface area contributed by atoms with Gasteiger partial charge in [0.25, 0.3) is 0 Å². The minimum Gasteiger partial charge on any atom is -0.326 e. The Morgan fingerprint density at radius 2 is 2.03 bits per heavy atom. The van der Waals surface area contributed by atoms with E-state index in [0.717, 1.165) is 17.0 Å². The number of nitrogens with one attached hydrogen (secondary N) is 2. The summed E-state index contributed by atoms with van der Waals surface area (Å²) in [6, 6.07) is 6.97. The average Bonchev–Trinajstić information content (AvgIpc) is 3.06. The molecule has 1 aromatic carbocycles. The number of anilines is 2. The Bertz CT molecular complexity index is 1160. The van der Waals surface area contributed by atoms with Gasteiger partial charge in [0.2, 0.25) is 11.8 Å². The molecule has 2 N–H and O–H groups in total. The number of nitrogens with zero attached hydrogens (tertiary/aromatic N) is 4. The molecule has 29 heavy (non-hydrogen) atoms. The number of aromatic nitrogens is 3. The predicted molar refractivity (Wildman–Crippen MR) is 110 cm³/mol. The van der Waals surface area contributed by atoms with Gasteiger partial charge >= 0.3 is 0 Å². The van der Waals surface area contributed by atoms with Crippen molar-refractivity contribution in [3.8, 4) is 6.07 Å². The van der Waals surface area contributed by atoms with Crippen LogP contribution in [0.15, 0.2) is 24.4 Å². The summed E-state index contributed by atoms with van der Waals surface area (Å²) in [4.78, 5) is 28.0. The lowest BCUT2D eigenvalue weighted by Crippen LogP contribution is -2.14. The zero-order chi connectivity index (χ0) is 21.1. The fourth-order valence-corrected chi connectivity index (χ4v) is 3.33. The predicted octanol–water partition coefficient (Wildman–Crippen LogP) is 3.40. The highest BCUT2D eigenvalue weighted by Gasteiger charge is 2.15. The van der Waals surface area contributed by atoms with E-state index in [4.69, 9.17) is 16.9 Å². The molecule has 0 unspecified atom stereocenters. The Labute approximate surface area is 172 Å². The van der Waals surface area contributed by atoms with Crippen molar-refractivity contribution in [1.29, 1.82) is 5.26 Å². The number of carbonyl (C=O) groups is 2. The second-order valence-corrected chi connectivity index (χ2v) is 7.00. The Morgan fingerprint density at radius 1 is 1.28 bits per heavy atom. The molecule has 0 saturated carbocycles. The zero-order valence-electron chi connectivity index (χ0n) is 16.2. The molecule has 2 amide bonds. The van der Waals surface area contributed by atoms with Crippen LogP contribution in [0.4, 0.5) is 11.4 Å². The van der Waals surface area contributed by atoms with Gasteiger partial charge in [0.15, 0.2) is 5.65 Å². The third-order valence-electron chi connectivity index (χ3n) is 4.49. The van der Waals surface area contributed by atoms with Gasteiger partial charge in [-0.05, 0) is 44.0 Å². The number of benzene rings is 1. The second-order valence-electron chi connectivity index (χ2n) is 6.59. The monoisotopic (exact) mass is 410 g/mol. The molecule has 0 spiro atoms. The number of aryl methyl sites for hydroxylation is 2. The molecule has 9 heteroatoms. The van der Waals surface area contributed by atoms with E-state index in [-0.39, 0.29) is 18.2 Å². The molecule has 3 aromatic rings. The lowest BCUT2D eigenvalue weighted by atomic mass is 10.1. The van der Waals surface area contributed by atoms with Crippen molar-refractivity contribution in [2.24, 2.45) is 0 Å². The first-order valence-corrected chi connectivity index (χ1v) is 9.29. The lowest BCUT2D eigenvalue weighted by molar-refractivity contribution is -0.116. The maximum Gasteiger partial charge on any atom is 0.224 e. The highest BCUT2D eigenvalue weighted by atomic mass is 35.5. The molecule has 2 heterocycles. The maximum absolute atomic E-state index is 12.4. The standard InChI is InChI=1S/C20H19ClN6O2/c1-11-16(12(2)27-20(24-11)14(9-22)10-23-27)5-7-19(29)26-15-4-6-18(17(21)8-15)25-13(3)28/h4,6,8,10H,5,7H2,1-3H3,(H,25,28)(H,26,29). The van der Waals surface area contributed by atoms with Crippen molar-refractivity contribution in [2.45, 2.75) is 33.6 Å². The van der Waals surface area contributed by atoms with Crippen molar-refractivity contribution < 1.29 is 9.59 Å². The number of halogens is 1. The lowest BCUT2D eigenvalue weighted by Gasteiger charge is -2.12. The summed E-state index contributed by atoms with van der Waals surface area (Å²) in [5.41, 5.74) is 4.50. The fourth-order valence-electron chi connectivity index (χ4n) is 3.10. The Morgan fingerprint density at radius 3 is 2.69 bits per heavy atom. The van der Waals surface area contributed by atoms with E-state index < -0.39 is 0 Å². The van der Waals surface area contributed by atoms with Crippen LogP contribution in [0.2, 0.25) is 5.02 Å². The Balaban J connectivity index is 1.70. The van der Waals surface area contributed by atoms with Gasteiger partial charge in [-0.2, -0.15) is 10.4 Å². The molecule has 0 radical (unpaired) electrons. The summed E-state index contributed by atoms with van der Waals surface area (Å²) in [6.45, 7) is 5.14. The largest absolute Gasteiger partial charge is 0.326 e. The molecule has 0 aliphatic rings. The molecule has 0 bridgehead atoms. The molecule has 8 nitrogen and oxygen atoms in total. The summed E-state index contributed by atoms with van der Waals surface area (Å²) >= 11 is 6.13. The van der Waals surface area contributed by atoms with E-state index in [9.17, 15) is 9.59 Å². The minimum absolute atomic E-state index is 0.176. The molecule has 2 aromatic heterocycles. The van der Waals surface area contributed by atoms with Crippen LogP contribution < -0.4 is 10.6 Å². The molecule has 0 saturated heterocycles. The van der Waals surface area contributed by atoms with E-state index in [0.29, 0.717) is 34.0 Å². The van der Waals surface area contributed by atoms with Crippen molar-refractivity contribution in [3.63, 3.8) is 0 Å². The first kappa shape index (κ1) is 20.3. The molecule has 0 atom stereocenters. The van der Waals surface area contributed by atoms with Crippen molar-refractivity contribution in [1.82, 2.24) is 14.6 Å². The third-order valence-corrected chi connectivity index (χ3v) is 4.81. The SMILES string of the molecule is CC(=O)Nc1ccc(NC(=O)CCc2c(C)nc3c(C#N)cnn3c2C)cc1Cl. The van der Waals surface area contributed by atoms with Gasteiger partial charge in [0.1, 0.15) is 11.6 Å². The Hall–Kier alpha value is -3.44. The van der Waals surface area contributed by atoms with Crippen molar-refractivity contribution in [3.05, 3.63) is 51.9 Å². The van der Waals surface area contributed by atoms with Crippen LogP contribution in [0.1, 0.15) is 35.9 Å². The molecular formula is C20H19ClN6O2. The summed E-state index contributed by atoms with van der Waals surface area (Å²) in [6.07, 6.45) is 2.21. The smallest absolute Gasteiger partial charge is 0.224 e. The van der Waals surface area contributed by atoms with Crippen molar-refractivity contribution in [2.75, 3.05) is 10.6 Å². The molecule has 0 fully saturated rings. The molecular weight excluding hydrogens is 392 g/mol. The molecule has 0 aliphatic carbocycles. The number of hydrogen-bond donors (Lipinski definition) is 2. The third kappa shape index (κ3) is 4.36. The van der Waals surface area contributed by atoms with E-state index >= 15 is 0 Å². The molecule has 148 valence electrons. The topological polar surface area (TPSA) is 112 Å². The van der Waals surface area contributed by atoms with Gasteiger partial charge in [0.05, 0.1) is 16.9 Å². The number of fused-ring (bicyclic) bond motifs is 1. The molecule has 3 rings (SSSR count). The second kappa shape index (κ2) is 8.29. The van der Waals surface area contributed by atoms with E-state index in [1.54, 1.807) is 22.7 Å². The van der Waals surface area contributed by atoms with Crippen molar-refractivity contribution >= 4 is 40.4 Å². The number of nitriles is 1. The van der Waals surface area contributed by atoms with Gasteiger partial charge in [-0.1, -0.05) is 11.6 Å². The highest BCUT2D eigenvalue weighted by molar-refractivity contribution is 6.34. The van der Waals surface area contributed by atoms with Gasteiger partial charge in [-0.15, -0.1) is 0 Å². The van der Waals surface area contributed by atoms with Crippen LogP contribution in [0.3, 0.4) is 0 Å². The quantitative estimate of drug-likeness (QED) is 0.669. The van der Waals surface area contributed by atoms with E-state index in [1.807, 2.05) is 13.8 Å². The number of carbonyl (C=O) groups excluding carboxylic acids is 2. The minimum atomic E-state index is -0.223. The number of rotatable bonds is 5. The number of amides is 2. The summed E-state index contributed by atoms with van der Waals surface area (Å²) in [5, 5.41) is 19.1. The van der Waals surface area contributed by atoms with Crippen LogP contribution >= 0.6 is 11.6 Å². The van der Waals surface area contributed by atoms with Crippen LogP contribution in [0, 0.1) is 25.2 Å². The fraction of sp³-hybridized carbons (Fsp3) is 0.250. The average molecular weight is 411 g/mol. The normalized spacial score (nSPS) is 10.6. The highest BCUT2D eigenvalue weighted by Crippen LogP contribution is 2.26. The summed E-state index contributed by atoms with van der Waals surface area (Å²) in [7, 11) is 0. The van der Waals surface area contributed by atoms with E-state index in [1.165, 1.54) is 13.1 Å². The van der Waals surface area contributed by atoms with Gasteiger partial charge < -0.3 is 10.6 Å². The zero-order valence-corrected chi connectivity index (χ0v) is 17.0. The van der Waals surface area contributed by atoms with Crippen LogP contribution in [-0.2, 0) is 16.0 Å². The first-order chi connectivity index (χ1) is 13.8. The number of hydrogen-bond acceptors (Lipinski definition) is 5. The van der Waals surface area contributed by atoms with Gasteiger partial charge in [0, 0.05) is 30.4 Å². The van der Waals surface area contributed by atoms with Gasteiger partial charge in [-0.25, -0.2) is 9.50 Å². The molecule has 0 aliphatic heterocycles. The van der Waals surface area contributed by atoms with Gasteiger partial charge in [-0.3, -0.25) is 9.59 Å². The summed E-state index contributed by atoms with van der Waals surface area (Å²) < 4.78 is 1.62.